The van der Waals surface area contributed by atoms with Gasteiger partial charge in [-0.25, -0.2) is 4.39 Å². The number of carbonyl (C=O) groups is 1. The van der Waals surface area contributed by atoms with Gasteiger partial charge in [0.2, 0.25) is 0 Å². The van der Waals surface area contributed by atoms with Gasteiger partial charge in [0.05, 0.1) is 18.2 Å². The molecular formula is C18H19FN2O2. The molecule has 0 spiro atoms. The molecule has 1 aromatic heterocycles. The highest BCUT2D eigenvalue weighted by molar-refractivity contribution is 5.94. The lowest BCUT2D eigenvalue weighted by Crippen LogP contribution is -2.36. The predicted octanol–water partition coefficient (Wildman–Crippen LogP) is 2.87. The van der Waals surface area contributed by atoms with Crippen LogP contribution in [0.15, 0.2) is 42.7 Å². The Hall–Kier alpha value is -2.27. The van der Waals surface area contributed by atoms with E-state index in [1.165, 1.54) is 12.1 Å². The molecular weight excluding hydrogens is 295 g/mol. The monoisotopic (exact) mass is 314 g/mol. The first-order valence-corrected chi connectivity index (χ1v) is 7.71. The van der Waals surface area contributed by atoms with E-state index >= 15 is 0 Å². The van der Waals surface area contributed by atoms with E-state index < -0.39 is 6.10 Å². The molecule has 3 rings (SSSR count). The lowest BCUT2D eigenvalue weighted by molar-refractivity contribution is 0.0602. The molecule has 0 saturated heterocycles. The number of aryl methyl sites for hydroxylation is 1. The number of rotatable bonds is 5. The van der Waals surface area contributed by atoms with Gasteiger partial charge in [-0.2, -0.15) is 0 Å². The Labute approximate surface area is 134 Å². The molecule has 1 saturated carbocycles. The van der Waals surface area contributed by atoms with Crippen LogP contribution in [-0.2, 0) is 0 Å². The second-order valence-corrected chi connectivity index (χ2v) is 6.01. The Morgan fingerprint density at radius 2 is 2.04 bits per heavy atom. The number of aliphatic hydroxyl groups excluding tert-OH is 1. The molecule has 1 aliphatic rings. The summed E-state index contributed by atoms with van der Waals surface area (Å²) >= 11 is 0. The fraction of sp³-hybridized carbons (Fsp3) is 0.333. The van der Waals surface area contributed by atoms with Gasteiger partial charge < -0.3 is 10.0 Å². The number of pyridine rings is 1. The molecule has 5 heteroatoms. The zero-order valence-corrected chi connectivity index (χ0v) is 12.9. The summed E-state index contributed by atoms with van der Waals surface area (Å²) in [5.41, 5.74) is 2.06. The van der Waals surface area contributed by atoms with Gasteiger partial charge in [-0.3, -0.25) is 9.78 Å². The van der Waals surface area contributed by atoms with E-state index in [9.17, 15) is 14.3 Å². The summed E-state index contributed by atoms with van der Waals surface area (Å²) in [6.45, 7) is 2.09. The highest BCUT2D eigenvalue weighted by Crippen LogP contribution is 2.30. The van der Waals surface area contributed by atoms with Crippen LogP contribution >= 0.6 is 0 Å². The molecule has 2 aromatic rings. The van der Waals surface area contributed by atoms with Crippen LogP contribution in [-0.4, -0.2) is 33.5 Å². The number of nitrogens with zero attached hydrogens (tertiary/aromatic N) is 2. The third kappa shape index (κ3) is 3.74. The summed E-state index contributed by atoms with van der Waals surface area (Å²) < 4.78 is 13.0. The number of carbonyl (C=O) groups excluding carboxylic acids is 1. The van der Waals surface area contributed by atoms with Crippen LogP contribution in [0.5, 0.6) is 0 Å². The van der Waals surface area contributed by atoms with Crippen LogP contribution < -0.4 is 0 Å². The van der Waals surface area contributed by atoms with Crippen molar-refractivity contribution in [3.8, 4) is 0 Å². The van der Waals surface area contributed by atoms with E-state index in [0.29, 0.717) is 11.1 Å². The summed E-state index contributed by atoms with van der Waals surface area (Å²) in [7, 11) is 0. The molecule has 1 aliphatic carbocycles. The summed E-state index contributed by atoms with van der Waals surface area (Å²) in [5, 5.41) is 10.4. The number of aliphatic hydroxyl groups is 1. The molecule has 1 unspecified atom stereocenters. The van der Waals surface area contributed by atoms with Crippen molar-refractivity contribution in [3.05, 3.63) is 65.2 Å². The minimum atomic E-state index is -0.835. The third-order valence-corrected chi connectivity index (χ3v) is 3.99. The normalized spacial score (nSPS) is 15.3. The molecule has 4 nitrogen and oxygen atoms in total. The van der Waals surface area contributed by atoms with Gasteiger partial charge in [0.15, 0.2) is 0 Å². The number of benzene rings is 1. The maximum Gasteiger partial charge on any atom is 0.255 e. The molecule has 1 N–H and O–H groups in total. The first kappa shape index (κ1) is 15.6. The third-order valence-electron chi connectivity index (χ3n) is 3.99. The van der Waals surface area contributed by atoms with E-state index in [4.69, 9.17) is 0 Å². The number of halogens is 1. The minimum Gasteiger partial charge on any atom is -0.387 e. The van der Waals surface area contributed by atoms with Crippen LogP contribution in [0.2, 0.25) is 0 Å². The van der Waals surface area contributed by atoms with Gasteiger partial charge in [0, 0.05) is 18.4 Å². The Morgan fingerprint density at radius 3 is 2.65 bits per heavy atom. The highest BCUT2D eigenvalue weighted by Gasteiger charge is 2.34. The van der Waals surface area contributed by atoms with Crippen molar-refractivity contribution < 1.29 is 14.3 Å². The van der Waals surface area contributed by atoms with Gasteiger partial charge in [0.25, 0.3) is 5.91 Å². The summed E-state index contributed by atoms with van der Waals surface area (Å²) in [4.78, 5) is 18.5. The van der Waals surface area contributed by atoms with Crippen LogP contribution in [0.4, 0.5) is 4.39 Å². The summed E-state index contributed by atoms with van der Waals surface area (Å²) in [6.07, 6.45) is 4.31. The average molecular weight is 314 g/mol. The van der Waals surface area contributed by atoms with Crippen molar-refractivity contribution >= 4 is 5.91 Å². The Morgan fingerprint density at radius 1 is 1.35 bits per heavy atom. The summed E-state index contributed by atoms with van der Waals surface area (Å²) in [5.74, 6) is -0.466. The van der Waals surface area contributed by atoms with Crippen molar-refractivity contribution in [2.75, 3.05) is 6.54 Å². The van der Waals surface area contributed by atoms with Crippen molar-refractivity contribution in [2.45, 2.75) is 31.9 Å². The molecule has 120 valence electrons. The molecule has 0 aliphatic heterocycles. The molecule has 1 amide bonds. The smallest absolute Gasteiger partial charge is 0.255 e. The Balaban J connectivity index is 1.76. The van der Waals surface area contributed by atoms with E-state index in [2.05, 4.69) is 4.98 Å². The number of hydrogen-bond donors (Lipinski definition) is 1. The molecule has 0 bridgehead atoms. The second-order valence-electron chi connectivity index (χ2n) is 6.01. The van der Waals surface area contributed by atoms with Crippen LogP contribution in [0, 0.1) is 12.7 Å². The topological polar surface area (TPSA) is 53.4 Å². The van der Waals surface area contributed by atoms with Gasteiger partial charge in [0.1, 0.15) is 5.82 Å². The number of hydrogen-bond acceptors (Lipinski definition) is 3. The van der Waals surface area contributed by atoms with Gasteiger partial charge >= 0.3 is 0 Å². The fourth-order valence-electron chi connectivity index (χ4n) is 2.60. The van der Waals surface area contributed by atoms with E-state index in [0.717, 1.165) is 18.4 Å². The van der Waals surface area contributed by atoms with E-state index in [1.807, 2.05) is 6.92 Å². The quantitative estimate of drug-likeness (QED) is 0.923. The Kier molecular flexibility index (Phi) is 4.39. The average Bonchev–Trinajstić information content (AvgIpc) is 3.37. The fourth-order valence-corrected chi connectivity index (χ4v) is 2.60. The summed E-state index contributed by atoms with van der Waals surface area (Å²) in [6, 6.07) is 7.68. The second kappa shape index (κ2) is 6.46. The Bertz CT molecular complexity index is 698. The standard InChI is InChI=1S/C18H19FN2O2/c1-12-8-14(10-20-9-12)18(23)21(16-6-7-16)11-17(22)13-2-4-15(19)5-3-13/h2-5,8-10,16-17,22H,6-7,11H2,1H3. The first-order valence-electron chi connectivity index (χ1n) is 7.71. The maximum absolute atomic E-state index is 13.0. The van der Waals surface area contributed by atoms with Crippen LogP contribution in [0.25, 0.3) is 0 Å². The SMILES string of the molecule is Cc1cncc(C(=O)N(CC(O)c2ccc(F)cc2)C2CC2)c1. The van der Waals surface area contributed by atoms with Crippen molar-refractivity contribution in [1.29, 1.82) is 0 Å². The maximum atomic E-state index is 13.0. The lowest BCUT2D eigenvalue weighted by Gasteiger charge is -2.25. The van der Waals surface area contributed by atoms with Crippen LogP contribution in [0.1, 0.15) is 40.4 Å². The molecule has 23 heavy (non-hydrogen) atoms. The number of aromatic nitrogens is 1. The first-order chi connectivity index (χ1) is 11.0. The molecule has 1 fully saturated rings. The largest absolute Gasteiger partial charge is 0.387 e. The van der Waals surface area contributed by atoms with Crippen molar-refractivity contribution in [2.24, 2.45) is 0 Å². The van der Waals surface area contributed by atoms with Gasteiger partial charge in [-0.05, 0) is 49.1 Å². The number of amides is 1. The molecule has 1 atom stereocenters. The molecule has 0 radical (unpaired) electrons. The van der Waals surface area contributed by atoms with Crippen LogP contribution in [0.3, 0.4) is 0 Å². The highest BCUT2D eigenvalue weighted by atomic mass is 19.1. The van der Waals surface area contributed by atoms with Gasteiger partial charge in [-0.15, -0.1) is 0 Å². The predicted molar refractivity (Wildman–Crippen MR) is 84.4 cm³/mol. The zero-order chi connectivity index (χ0) is 16.4. The van der Waals surface area contributed by atoms with E-state index in [-0.39, 0.29) is 24.3 Å². The lowest BCUT2D eigenvalue weighted by atomic mass is 10.1. The zero-order valence-electron chi connectivity index (χ0n) is 12.9. The van der Waals surface area contributed by atoms with E-state index in [1.54, 1.807) is 35.5 Å². The van der Waals surface area contributed by atoms with Gasteiger partial charge in [-0.1, -0.05) is 12.1 Å². The minimum absolute atomic E-state index is 0.120. The molecule has 1 aromatic carbocycles. The van der Waals surface area contributed by atoms with Crippen molar-refractivity contribution in [3.63, 3.8) is 0 Å². The van der Waals surface area contributed by atoms with Crippen molar-refractivity contribution in [1.82, 2.24) is 9.88 Å². The molecule has 1 heterocycles.